The van der Waals surface area contributed by atoms with Crippen LogP contribution in [0, 0.1) is 5.92 Å². The van der Waals surface area contributed by atoms with Gasteiger partial charge < -0.3 is 9.74 Å². The van der Waals surface area contributed by atoms with Crippen LogP contribution in [0.25, 0.3) is 0 Å². The second-order valence-corrected chi connectivity index (χ2v) is 5.68. The van der Waals surface area contributed by atoms with Gasteiger partial charge in [0.05, 0.1) is 0 Å². The maximum Gasteiger partial charge on any atom is 0.120 e. The molecule has 1 atom stereocenters. The minimum Gasteiger partial charge on any atom is -0.396 e. The first-order valence-electron chi connectivity index (χ1n) is 7.99. The summed E-state index contributed by atoms with van der Waals surface area (Å²) in [6.07, 6.45) is 11.8. The van der Waals surface area contributed by atoms with Crippen molar-refractivity contribution in [3.8, 4) is 0 Å². The van der Waals surface area contributed by atoms with E-state index in [-0.39, 0.29) is 0 Å². The fraction of sp³-hybridized carbons (Fsp3) is 0.938. The van der Waals surface area contributed by atoms with Gasteiger partial charge in [-0.3, -0.25) is 0 Å². The molecule has 0 aliphatic carbocycles. The normalized spacial score (nSPS) is 13.3. The van der Waals surface area contributed by atoms with E-state index >= 15 is 0 Å². The first kappa shape index (κ1) is 18.4. The van der Waals surface area contributed by atoms with Crippen LogP contribution >= 0.6 is 0 Å². The number of oxime groups is 1. The van der Waals surface area contributed by atoms with Crippen molar-refractivity contribution in [2.45, 2.75) is 65.2 Å². The highest BCUT2D eigenvalue weighted by Crippen LogP contribution is 2.16. The highest BCUT2D eigenvalue weighted by molar-refractivity contribution is 5.56. The van der Waals surface area contributed by atoms with Gasteiger partial charge in [-0.15, -0.1) is 0 Å². The van der Waals surface area contributed by atoms with E-state index in [1.54, 1.807) is 0 Å². The molecule has 0 aromatic carbocycles. The summed E-state index contributed by atoms with van der Waals surface area (Å²) in [7, 11) is 4.19. The minimum absolute atomic E-state index is 0.690. The second kappa shape index (κ2) is 13.9. The monoisotopic (exact) mass is 270 g/mol. The Morgan fingerprint density at radius 3 is 2.47 bits per heavy atom. The Balaban J connectivity index is 3.58. The van der Waals surface area contributed by atoms with Crippen LogP contribution in [0.5, 0.6) is 0 Å². The summed E-state index contributed by atoms with van der Waals surface area (Å²) in [5.74, 6) is 0.690. The van der Waals surface area contributed by atoms with E-state index in [0.29, 0.717) is 5.92 Å². The summed E-state index contributed by atoms with van der Waals surface area (Å²) < 4.78 is 0. The van der Waals surface area contributed by atoms with Crippen LogP contribution in [0.2, 0.25) is 0 Å². The van der Waals surface area contributed by atoms with Crippen molar-refractivity contribution in [1.29, 1.82) is 0 Å². The highest BCUT2D eigenvalue weighted by atomic mass is 16.6. The Hall–Kier alpha value is -0.570. The third-order valence-electron chi connectivity index (χ3n) is 3.31. The fourth-order valence-corrected chi connectivity index (χ4v) is 2.15. The molecule has 0 amide bonds. The molecule has 0 saturated heterocycles. The van der Waals surface area contributed by atoms with E-state index in [1.807, 2.05) is 6.21 Å². The Bertz CT molecular complexity index is 205. The van der Waals surface area contributed by atoms with Gasteiger partial charge in [-0.05, 0) is 52.2 Å². The van der Waals surface area contributed by atoms with Gasteiger partial charge in [-0.2, -0.15) is 0 Å². The van der Waals surface area contributed by atoms with Crippen molar-refractivity contribution in [3.63, 3.8) is 0 Å². The van der Waals surface area contributed by atoms with Crippen LogP contribution in [-0.4, -0.2) is 38.4 Å². The average Bonchev–Trinajstić information content (AvgIpc) is 2.37. The molecule has 3 heteroatoms. The molecule has 1 unspecified atom stereocenters. The Labute approximate surface area is 120 Å². The number of unbranched alkanes of at least 4 members (excludes halogenated alkanes) is 3. The molecular formula is C16H34N2O. The van der Waals surface area contributed by atoms with Crippen molar-refractivity contribution >= 4 is 6.21 Å². The molecule has 0 radical (unpaired) electrons. The predicted molar refractivity (Wildman–Crippen MR) is 84.8 cm³/mol. The van der Waals surface area contributed by atoms with E-state index in [9.17, 15) is 0 Å². The first-order chi connectivity index (χ1) is 9.20. The van der Waals surface area contributed by atoms with Crippen LogP contribution in [0.4, 0.5) is 0 Å². The lowest BCUT2D eigenvalue weighted by atomic mass is 9.97. The summed E-state index contributed by atoms with van der Waals surface area (Å²) in [4.78, 5) is 7.64. The molecule has 3 nitrogen and oxygen atoms in total. The maximum atomic E-state index is 5.44. The molecule has 0 aromatic heterocycles. The smallest absolute Gasteiger partial charge is 0.120 e. The zero-order valence-corrected chi connectivity index (χ0v) is 13.5. The molecule has 0 aliphatic heterocycles. The summed E-state index contributed by atoms with van der Waals surface area (Å²) in [6.45, 7) is 6.41. The Morgan fingerprint density at radius 1 is 1.05 bits per heavy atom. The largest absolute Gasteiger partial charge is 0.396 e. The molecule has 0 rings (SSSR count). The minimum atomic E-state index is 0.690. The summed E-state index contributed by atoms with van der Waals surface area (Å²) in [5.41, 5.74) is 0. The van der Waals surface area contributed by atoms with Crippen LogP contribution in [0.15, 0.2) is 5.16 Å². The summed E-state index contributed by atoms with van der Waals surface area (Å²) in [6, 6.07) is 0. The van der Waals surface area contributed by atoms with Crippen molar-refractivity contribution in [1.82, 2.24) is 4.90 Å². The average molecular weight is 270 g/mol. The van der Waals surface area contributed by atoms with Crippen LogP contribution in [0.1, 0.15) is 65.2 Å². The molecule has 0 fully saturated rings. The van der Waals surface area contributed by atoms with Gasteiger partial charge in [0.25, 0.3) is 0 Å². The number of hydrogen-bond acceptors (Lipinski definition) is 3. The van der Waals surface area contributed by atoms with Gasteiger partial charge in [0.2, 0.25) is 0 Å². The second-order valence-electron chi connectivity index (χ2n) is 5.68. The third kappa shape index (κ3) is 13.7. The van der Waals surface area contributed by atoms with Gasteiger partial charge in [0.1, 0.15) is 6.61 Å². The number of nitrogens with zero attached hydrogens (tertiary/aromatic N) is 2. The standard InChI is InChI=1S/C16H34N2O/c1-5-7-8-12-16(11-6-2)15-19-17-13-9-10-14-18(3)4/h13,16H,5-12,14-15H2,1-4H3/b17-13-. The topological polar surface area (TPSA) is 24.8 Å². The molecule has 0 bridgehead atoms. The predicted octanol–water partition coefficient (Wildman–Crippen LogP) is 4.33. The third-order valence-corrected chi connectivity index (χ3v) is 3.31. The Kier molecular flexibility index (Phi) is 13.4. The van der Waals surface area contributed by atoms with Gasteiger partial charge in [-0.1, -0.05) is 44.7 Å². The zero-order valence-electron chi connectivity index (χ0n) is 13.5. The maximum absolute atomic E-state index is 5.44. The zero-order chi connectivity index (χ0) is 14.3. The molecule has 0 heterocycles. The lowest BCUT2D eigenvalue weighted by molar-refractivity contribution is 0.0993. The SMILES string of the molecule is CCCCCC(CCC)CO/N=C\CCCN(C)C. The fourth-order valence-electron chi connectivity index (χ4n) is 2.15. The molecular weight excluding hydrogens is 236 g/mol. The van der Waals surface area contributed by atoms with E-state index in [0.717, 1.165) is 26.0 Å². The van der Waals surface area contributed by atoms with E-state index in [4.69, 9.17) is 4.84 Å². The van der Waals surface area contributed by atoms with Crippen LogP contribution in [-0.2, 0) is 4.84 Å². The summed E-state index contributed by atoms with van der Waals surface area (Å²) >= 11 is 0. The molecule has 0 aromatic rings. The van der Waals surface area contributed by atoms with Crippen molar-refractivity contribution in [2.75, 3.05) is 27.2 Å². The van der Waals surface area contributed by atoms with Crippen LogP contribution in [0.3, 0.4) is 0 Å². The van der Waals surface area contributed by atoms with Gasteiger partial charge >= 0.3 is 0 Å². The van der Waals surface area contributed by atoms with Crippen molar-refractivity contribution in [3.05, 3.63) is 0 Å². The van der Waals surface area contributed by atoms with E-state index in [1.165, 1.54) is 38.5 Å². The lowest BCUT2D eigenvalue weighted by Gasteiger charge is -2.14. The highest BCUT2D eigenvalue weighted by Gasteiger charge is 2.07. The van der Waals surface area contributed by atoms with Gasteiger partial charge in [0.15, 0.2) is 0 Å². The lowest BCUT2D eigenvalue weighted by Crippen LogP contribution is -2.12. The molecule has 19 heavy (non-hydrogen) atoms. The van der Waals surface area contributed by atoms with E-state index < -0.39 is 0 Å². The quantitative estimate of drug-likeness (QED) is 0.283. The first-order valence-corrected chi connectivity index (χ1v) is 7.99. The molecule has 0 N–H and O–H groups in total. The molecule has 0 aliphatic rings. The van der Waals surface area contributed by atoms with E-state index in [2.05, 4.69) is 38.0 Å². The number of rotatable bonds is 13. The molecule has 114 valence electrons. The molecule has 0 saturated carbocycles. The van der Waals surface area contributed by atoms with Gasteiger partial charge in [0, 0.05) is 6.21 Å². The van der Waals surface area contributed by atoms with Crippen molar-refractivity contribution < 1.29 is 4.84 Å². The summed E-state index contributed by atoms with van der Waals surface area (Å²) in [5, 5.41) is 4.07. The number of hydrogen-bond donors (Lipinski definition) is 0. The van der Waals surface area contributed by atoms with Gasteiger partial charge in [-0.25, -0.2) is 0 Å². The van der Waals surface area contributed by atoms with Crippen molar-refractivity contribution in [2.24, 2.45) is 11.1 Å². The van der Waals surface area contributed by atoms with Crippen LogP contribution < -0.4 is 0 Å². The molecule has 0 spiro atoms. The Morgan fingerprint density at radius 2 is 1.84 bits per heavy atom.